The van der Waals surface area contributed by atoms with Gasteiger partial charge in [-0.1, -0.05) is 37.1 Å². The SMILES string of the molecule is CCCCc1ccc(NC(=O)[C@@H](C)NS(=O)(=O)c2ccc(OC)c(Cl)c2)cc1. The highest BCUT2D eigenvalue weighted by molar-refractivity contribution is 7.89. The number of ether oxygens (including phenoxy) is 1. The fraction of sp³-hybridized carbons (Fsp3) is 0.350. The molecule has 0 aliphatic carbocycles. The van der Waals surface area contributed by atoms with Gasteiger partial charge in [0.15, 0.2) is 0 Å². The van der Waals surface area contributed by atoms with Crippen LogP contribution in [0.2, 0.25) is 5.02 Å². The minimum atomic E-state index is -3.91. The molecule has 0 aromatic heterocycles. The molecule has 2 rings (SSSR count). The van der Waals surface area contributed by atoms with Gasteiger partial charge in [0.05, 0.1) is 23.1 Å². The molecular weight excluding hydrogens is 400 g/mol. The second-order valence-corrected chi connectivity index (χ2v) is 8.55. The molecule has 152 valence electrons. The number of aryl methyl sites for hydroxylation is 1. The summed E-state index contributed by atoms with van der Waals surface area (Å²) >= 11 is 5.99. The van der Waals surface area contributed by atoms with E-state index in [1.54, 1.807) is 0 Å². The number of hydrogen-bond donors (Lipinski definition) is 2. The summed E-state index contributed by atoms with van der Waals surface area (Å²) in [7, 11) is -2.47. The van der Waals surface area contributed by atoms with Crippen molar-refractivity contribution in [1.29, 1.82) is 0 Å². The molecule has 0 radical (unpaired) electrons. The van der Waals surface area contributed by atoms with Crippen LogP contribution in [0.5, 0.6) is 5.75 Å². The Bertz CT molecular complexity index is 914. The smallest absolute Gasteiger partial charge is 0.242 e. The van der Waals surface area contributed by atoms with Crippen LogP contribution in [0.4, 0.5) is 5.69 Å². The third-order valence-corrected chi connectivity index (χ3v) is 6.03. The number of benzene rings is 2. The number of rotatable bonds is 9. The Morgan fingerprint density at radius 1 is 1.18 bits per heavy atom. The molecule has 28 heavy (non-hydrogen) atoms. The summed E-state index contributed by atoms with van der Waals surface area (Å²) < 4.78 is 32.4. The van der Waals surface area contributed by atoms with Crippen LogP contribution in [0.3, 0.4) is 0 Å². The van der Waals surface area contributed by atoms with Gasteiger partial charge in [0.2, 0.25) is 15.9 Å². The first-order valence-electron chi connectivity index (χ1n) is 9.02. The van der Waals surface area contributed by atoms with Gasteiger partial charge in [-0.3, -0.25) is 4.79 Å². The zero-order valence-corrected chi connectivity index (χ0v) is 17.7. The molecule has 0 bridgehead atoms. The second-order valence-electron chi connectivity index (χ2n) is 6.43. The highest BCUT2D eigenvalue weighted by Gasteiger charge is 2.23. The largest absolute Gasteiger partial charge is 0.495 e. The van der Waals surface area contributed by atoms with Crippen LogP contribution in [0, 0.1) is 0 Å². The van der Waals surface area contributed by atoms with Crippen molar-refractivity contribution in [3.63, 3.8) is 0 Å². The topological polar surface area (TPSA) is 84.5 Å². The second kappa shape index (κ2) is 9.91. The molecule has 2 N–H and O–H groups in total. The fourth-order valence-electron chi connectivity index (χ4n) is 2.55. The first-order chi connectivity index (χ1) is 13.3. The Morgan fingerprint density at radius 3 is 2.43 bits per heavy atom. The highest BCUT2D eigenvalue weighted by atomic mass is 35.5. The number of unbranched alkanes of at least 4 members (excludes halogenated alkanes) is 1. The first kappa shape index (κ1) is 22.2. The predicted octanol–water partition coefficient (Wildman–Crippen LogP) is 4.00. The Balaban J connectivity index is 2.01. The molecule has 6 nitrogen and oxygen atoms in total. The predicted molar refractivity (Wildman–Crippen MR) is 111 cm³/mol. The standard InChI is InChI=1S/C20H25ClN2O4S/c1-4-5-6-15-7-9-16(10-8-15)22-20(24)14(2)23-28(25,26)17-11-12-19(27-3)18(21)13-17/h7-14,23H,4-6H2,1-3H3,(H,22,24)/t14-/m1/s1. The molecule has 0 unspecified atom stereocenters. The molecule has 0 saturated heterocycles. The minimum absolute atomic E-state index is 0.0433. The van der Waals surface area contributed by atoms with Crippen molar-refractivity contribution < 1.29 is 17.9 Å². The van der Waals surface area contributed by atoms with E-state index in [0.29, 0.717) is 11.4 Å². The number of hydrogen-bond acceptors (Lipinski definition) is 4. The molecule has 2 aromatic rings. The molecule has 0 spiro atoms. The van der Waals surface area contributed by atoms with Crippen molar-refractivity contribution in [2.75, 3.05) is 12.4 Å². The summed E-state index contributed by atoms with van der Waals surface area (Å²) in [5.74, 6) is -0.0849. The van der Waals surface area contributed by atoms with Crippen LogP contribution in [-0.2, 0) is 21.2 Å². The summed E-state index contributed by atoms with van der Waals surface area (Å²) in [6.45, 7) is 3.62. The molecule has 0 aliphatic rings. The van der Waals surface area contributed by atoms with E-state index in [1.807, 2.05) is 24.3 Å². The Kier molecular flexibility index (Phi) is 7.86. The summed E-state index contributed by atoms with van der Waals surface area (Å²) in [5, 5.41) is 2.89. The van der Waals surface area contributed by atoms with E-state index >= 15 is 0 Å². The van der Waals surface area contributed by atoms with E-state index in [1.165, 1.54) is 37.8 Å². The lowest BCUT2D eigenvalue weighted by Crippen LogP contribution is -2.41. The van der Waals surface area contributed by atoms with E-state index in [2.05, 4.69) is 17.0 Å². The number of methoxy groups -OCH3 is 1. The normalized spacial score (nSPS) is 12.4. The van der Waals surface area contributed by atoms with E-state index in [-0.39, 0.29) is 9.92 Å². The van der Waals surface area contributed by atoms with Gasteiger partial charge in [-0.25, -0.2) is 8.42 Å². The molecule has 1 amide bonds. The number of anilines is 1. The number of carbonyl (C=O) groups is 1. The third kappa shape index (κ3) is 5.95. The summed E-state index contributed by atoms with van der Waals surface area (Å²) in [5.41, 5.74) is 1.81. The lowest BCUT2D eigenvalue weighted by Gasteiger charge is -2.15. The zero-order valence-electron chi connectivity index (χ0n) is 16.2. The van der Waals surface area contributed by atoms with Crippen molar-refractivity contribution in [2.45, 2.75) is 44.0 Å². The highest BCUT2D eigenvalue weighted by Crippen LogP contribution is 2.27. The van der Waals surface area contributed by atoms with Gasteiger partial charge in [0.25, 0.3) is 0 Å². The molecule has 0 aliphatic heterocycles. The first-order valence-corrected chi connectivity index (χ1v) is 10.9. The molecule has 2 aromatic carbocycles. The van der Waals surface area contributed by atoms with Gasteiger partial charge < -0.3 is 10.1 Å². The van der Waals surface area contributed by atoms with Crippen LogP contribution < -0.4 is 14.8 Å². The Morgan fingerprint density at radius 2 is 1.86 bits per heavy atom. The maximum Gasteiger partial charge on any atom is 0.242 e. The monoisotopic (exact) mass is 424 g/mol. The maximum atomic E-state index is 12.5. The van der Waals surface area contributed by atoms with Crippen molar-refractivity contribution in [1.82, 2.24) is 4.72 Å². The van der Waals surface area contributed by atoms with Crippen molar-refractivity contribution in [3.05, 3.63) is 53.1 Å². The van der Waals surface area contributed by atoms with Gasteiger partial charge in [-0.2, -0.15) is 4.72 Å². The quantitative estimate of drug-likeness (QED) is 0.637. The van der Waals surface area contributed by atoms with E-state index in [9.17, 15) is 13.2 Å². The number of halogens is 1. The molecule has 1 atom stereocenters. The summed E-state index contributed by atoms with van der Waals surface area (Å²) in [6, 6.07) is 10.7. The van der Waals surface area contributed by atoms with Crippen molar-refractivity contribution in [2.24, 2.45) is 0 Å². The van der Waals surface area contributed by atoms with Crippen LogP contribution in [0.1, 0.15) is 32.3 Å². The van der Waals surface area contributed by atoms with Crippen molar-refractivity contribution >= 4 is 33.2 Å². The van der Waals surface area contributed by atoms with Gasteiger partial charge in [-0.15, -0.1) is 0 Å². The van der Waals surface area contributed by atoms with Gasteiger partial charge in [0, 0.05) is 5.69 Å². The minimum Gasteiger partial charge on any atom is -0.495 e. The maximum absolute atomic E-state index is 12.5. The number of nitrogens with one attached hydrogen (secondary N) is 2. The zero-order chi connectivity index (χ0) is 20.7. The van der Waals surface area contributed by atoms with Crippen LogP contribution in [-0.4, -0.2) is 27.5 Å². The van der Waals surface area contributed by atoms with Crippen LogP contribution >= 0.6 is 11.6 Å². The molecule has 8 heteroatoms. The van der Waals surface area contributed by atoms with Gasteiger partial charge in [0.1, 0.15) is 5.75 Å². The Hall–Kier alpha value is -2.09. The molecule has 0 saturated carbocycles. The van der Waals surface area contributed by atoms with E-state index in [0.717, 1.165) is 19.3 Å². The van der Waals surface area contributed by atoms with Crippen LogP contribution in [0.15, 0.2) is 47.4 Å². The molecule has 0 heterocycles. The lowest BCUT2D eigenvalue weighted by atomic mass is 10.1. The lowest BCUT2D eigenvalue weighted by molar-refractivity contribution is -0.117. The third-order valence-electron chi connectivity index (χ3n) is 4.20. The number of sulfonamides is 1. The summed E-state index contributed by atoms with van der Waals surface area (Å²) in [6.07, 6.45) is 3.22. The number of amides is 1. The van der Waals surface area contributed by atoms with E-state index in [4.69, 9.17) is 16.3 Å². The molecule has 0 fully saturated rings. The van der Waals surface area contributed by atoms with E-state index < -0.39 is 22.0 Å². The average Bonchev–Trinajstić information content (AvgIpc) is 2.67. The molecular formula is C20H25ClN2O4S. The van der Waals surface area contributed by atoms with Crippen LogP contribution in [0.25, 0.3) is 0 Å². The fourth-order valence-corrected chi connectivity index (χ4v) is 4.11. The summed E-state index contributed by atoms with van der Waals surface area (Å²) in [4.78, 5) is 12.3. The number of carbonyl (C=O) groups excluding carboxylic acids is 1. The van der Waals surface area contributed by atoms with Gasteiger partial charge >= 0.3 is 0 Å². The average molecular weight is 425 g/mol. The van der Waals surface area contributed by atoms with Gasteiger partial charge in [-0.05, 0) is 55.7 Å². The van der Waals surface area contributed by atoms with Crippen molar-refractivity contribution in [3.8, 4) is 5.75 Å². The Labute approximate surface area is 171 Å².